The minimum absolute atomic E-state index is 0.0649. The lowest BCUT2D eigenvalue weighted by Crippen LogP contribution is -2.21. The number of benzene rings is 3. The summed E-state index contributed by atoms with van der Waals surface area (Å²) in [6, 6.07) is 17.4. The quantitative estimate of drug-likeness (QED) is 0.238. The Morgan fingerprint density at radius 3 is 2.32 bits per heavy atom. The van der Waals surface area contributed by atoms with E-state index in [-0.39, 0.29) is 10.1 Å². The Morgan fingerprint density at radius 1 is 0.968 bits per heavy atom. The molecule has 0 aliphatic heterocycles. The molecule has 0 aliphatic rings. The molecular weight excluding hydrogens is 431 g/mol. The monoisotopic (exact) mass is 443 g/mol. The Labute approximate surface area is 177 Å². The van der Waals surface area contributed by atoms with Crippen LogP contribution in [-0.2, 0) is 6.18 Å². The molecule has 0 aliphatic carbocycles. The van der Waals surface area contributed by atoms with Crippen LogP contribution in [0.1, 0.15) is 5.56 Å². The fourth-order valence-corrected chi connectivity index (χ4v) is 4.00. The molecule has 0 saturated heterocycles. The normalized spacial score (nSPS) is 11.6. The van der Waals surface area contributed by atoms with Gasteiger partial charge in [-0.25, -0.2) is 4.98 Å². The molecule has 10 heteroatoms. The highest BCUT2D eigenvalue weighted by molar-refractivity contribution is 7.99. The lowest BCUT2D eigenvalue weighted by Gasteiger charge is -2.14. The van der Waals surface area contributed by atoms with Gasteiger partial charge in [0.15, 0.2) is 5.16 Å². The first-order valence-electron chi connectivity index (χ1n) is 8.86. The number of nitrogens with zero attached hydrogens (tertiary/aromatic N) is 3. The SMILES string of the molecule is O=c1c2ccccc2nc(Sc2ccc(C(F)(F)F)cc2[N+](=O)[O-])n1-c1ccccc1. The van der Waals surface area contributed by atoms with Gasteiger partial charge in [0.05, 0.1) is 32.0 Å². The maximum atomic E-state index is 13.2. The maximum Gasteiger partial charge on any atom is 0.416 e. The van der Waals surface area contributed by atoms with E-state index in [1.807, 2.05) is 0 Å². The highest BCUT2D eigenvalue weighted by Gasteiger charge is 2.33. The van der Waals surface area contributed by atoms with Gasteiger partial charge < -0.3 is 0 Å². The molecule has 1 aromatic heterocycles. The largest absolute Gasteiger partial charge is 0.416 e. The third-order valence-electron chi connectivity index (χ3n) is 4.44. The molecular formula is C21H12F3N3O3S. The van der Waals surface area contributed by atoms with Crippen LogP contribution >= 0.6 is 11.8 Å². The molecule has 156 valence electrons. The van der Waals surface area contributed by atoms with Crippen LogP contribution in [0, 0.1) is 10.1 Å². The van der Waals surface area contributed by atoms with Crippen LogP contribution < -0.4 is 5.56 Å². The van der Waals surface area contributed by atoms with Gasteiger partial charge in [0.25, 0.3) is 11.2 Å². The Balaban J connectivity index is 1.93. The van der Waals surface area contributed by atoms with Gasteiger partial charge in [-0.3, -0.25) is 19.5 Å². The van der Waals surface area contributed by atoms with Crippen LogP contribution in [0.2, 0.25) is 0 Å². The zero-order valence-electron chi connectivity index (χ0n) is 15.5. The summed E-state index contributed by atoms with van der Waals surface area (Å²) in [5, 5.41) is 11.9. The molecule has 0 fully saturated rings. The van der Waals surface area contributed by atoms with Crippen molar-refractivity contribution in [2.75, 3.05) is 0 Å². The van der Waals surface area contributed by atoms with Crippen LogP contribution in [0.3, 0.4) is 0 Å². The first-order valence-corrected chi connectivity index (χ1v) is 9.68. The van der Waals surface area contributed by atoms with Crippen molar-refractivity contribution in [1.82, 2.24) is 9.55 Å². The molecule has 0 atom stereocenters. The van der Waals surface area contributed by atoms with Gasteiger partial charge in [-0.05, 0) is 48.2 Å². The molecule has 0 saturated carbocycles. The van der Waals surface area contributed by atoms with Gasteiger partial charge >= 0.3 is 6.18 Å². The molecule has 4 aromatic rings. The molecule has 0 radical (unpaired) electrons. The second-order valence-electron chi connectivity index (χ2n) is 6.43. The molecule has 31 heavy (non-hydrogen) atoms. The van der Waals surface area contributed by atoms with E-state index in [9.17, 15) is 28.1 Å². The molecule has 0 bridgehead atoms. The van der Waals surface area contributed by atoms with Crippen LogP contribution in [0.5, 0.6) is 0 Å². The second kappa shape index (κ2) is 7.88. The number of fused-ring (bicyclic) bond motifs is 1. The van der Waals surface area contributed by atoms with Gasteiger partial charge in [-0.15, -0.1) is 0 Å². The second-order valence-corrected chi connectivity index (χ2v) is 7.44. The Morgan fingerprint density at radius 2 is 1.65 bits per heavy atom. The fourth-order valence-electron chi connectivity index (χ4n) is 3.01. The third kappa shape index (κ3) is 4.02. The van der Waals surface area contributed by atoms with Crippen LogP contribution in [0.25, 0.3) is 16.6 Å². The highest BCUT2D eigenvalue weighted by Crippen LogP contribution is 2.39. The Kier molecular flexibility index (Phi) is 5.24. The van der Waals surface area contributed by atoms with Crippen LogP contribution in [0.15, 0.2) is 87.6 Å². The van der Waals surface area contributed by atoms with Gasteiger partial charge in [-0.2, -0.15) is 13.2 Å². The molecule has 3 aromatic carbocycles. The maximum absolute atomic E-state index is 13.2. The van der Waals surface area contributed by atoms with E-state index in [2.05, 4.69) is 4.98 Å². The minimum atomic E-state index is -4.72. The topological polar surface area (TPSA) is 78.0 Å². The molecule has 0 amide bonds. The summed E-state index contributed by atoms with van der Waals surface area (Å²) in [4.78, 5) is 28.1. The number of para-hydroxylation sites is 2. The summed E-state index contributed by atoms with van der Waals surface area (Å²) in [6.07, 6.45) is -4.72. The van der Waals surface area contributed by atoms with Gasteiger partial charge in [0, 0.05) is 6.07 Å². The summed E-state index contributed by atoms with van der Waals surface area (Å²) >= 11 is 0.755. The van der Waals surface area contributed by atoms with Crippen molar-refractivity contribution >= 4 is 28.4 Å². The lowest BCUT2D eigenvalue weighted by molar-refractivity contribution is -0.388. The van der Waals surface area contributed by atoms with Crippen molar-refractivity contribution in [2.24, 2.45) is 0 Å². The third-order valence-corrected chi connectivity index (χ3v) is 5.47. The minimum Gasteiger partial charge on any atom is -0.268 e. The summed E-state index contributed by atoms with van der Waals surface area (Å²) in [5.41, 5.74) is -1.40. The van der Waals surface area contributed by atoms with E-state index in [1.165, 1.54) is 4.57 Å². The number of halogens is 3. The first kappa shape index (κ1) is 20.6. The van der Waals surface area contributed by atoms with Crippen molar-refractivity contribution in [1.29, 1.82) is 0 Å². The molecule has 1 heterocycles. The van der Waals surface area contributed by atoms with E-state index in [0.717, 1.165) is 23.9 Å². The number of nitro benzene ring substituents is 1. The van der Waals surface area contributed by atoms with Crippen LogP contribution in [0.4, 0.5) is 18.9 Å². The van der Waals surface area contributed by atoms with E-state index < -0.39 is 27.9 Å². The van der Waals surface area contributed by atoms with Crippen molar-refractivity contribution in [2.45, 2.75) is 16.2 Å². The van der Waals surface area contributed by atoms with E-state index >= 15 is 0 Å². The molecule has 0 N–H and O–H groups in total. The average Bonchev–Trinajstić information content (AvgIpc) is 2.74. The summed E-state index contributed by atoms with van der Waals surface area (Å²) in [7, 11) is 0. The molecule has 0 spiro atoms. The molecule has 0 unspecified atom stereocenters. The number of alkyl halides is 3. The Hall–Kier alpha value is -3.66. The first-order chi connectivity index (χ1) is 14.8. The number of aromatic nitrogens is 2. The fraction of sp³-hybridized carbons (Fsp3) is 0.0476. The van der Waals surface area contributed by atoms with Crippen LogP contribution in [-0.4, -0.2) is 14.5 Å². The van der Waals surface area contributed by atoms with Gasteiger partial charge in [-0.1, -0.05) is 30.3 Å². The Bertz CT molecular complexity index is 1360. The lowest BCUT2D eigenvalue weighted by atomic mass is 10.2. The zero-order chi connectivity index (χ0) is 22.2. The highest BCUT2D eigenvalue weighted by atomic mass is 32.2. The van der Waals surface area contributed by atoms with Crippen molar-refractivity contribution in [3.05, 3.63) is 98.8 Å². The number of hydrogen-bond donors (Lipinski definition) is 0. The predicted molar refractivity (Wildman–Crippen MR) is 110 cm³/mol. The molecule has 4 rings (SSSR count). The predicted octanol–water partition coefficient (Wildman–Crippen LogP) is 5.46. The average molecular weight is 443 g/mol. The molecule has 6 nitrogen and oxygen atoms in total. The van der Waals surface area contributed by atoms with Crippen molar-refractivity contribution in [3.8, 4) is 5.69 Å². The van der Waals surface area contributed by atoms with Gasteiger partial charge in [0.1, 0.15) is 0 Å². The number of nitro groups is 1. The van der Waals surface area contributed by atoms with E-state index in [1.54, 1.807) is 54.6 Å². The number of hydrogen-bond acceptors (Lipinski definition) is 5. The smallest absolute Gasteiger partial charge is 0.268 e. The zero-order valence-corrected chi connectivity index (χ0v) is 16.4. The van der Waals surface area contributed by atoms with Gasteiger partial charge in [0.2, 0.25) is 0 Å². The van der Waals surface area contributed by atoms with Crippen molar-refractivity contribution in [3.63, 3.8) is 0 Å². The van der Waals surface area contributed by atoms with E-state index in [4.69, 9.17) is 0 Å². The summed E-state index contributed by atoms with van der Waals surface area (Å²) in [6.45, 7) is 0. The van der Waals surface area contributed by atoms with E-state index in [0.29, 0.717) is 22.7 Å². The van der Waals surface area contributed by atoms with Crippen molar-refractivity contribution < 1.29 is 18.1 Å². The summed E-state index contributed by atoms with van der Waals surface area (Å²) in [5.74, 6) is 0. The number of rotatable bonds is 4. The standard InChI is InChI=1S/C21H12F3N3O3S/c22-21(23,24)13-10-11-18(17(12-13)27(29)30)31-20-25-16-9-5-4-8-15(16)19(28)26(20)14-6-2-1-3-7-14/h1-12H. The summed E-state index contributed by atoms with van der Waals surface area (Å²) < 4.78 is 40.3.